The molecule has 0 bridgehead atoms. The summed E-state index contributed by atoms with van der Waals surface area (Å²) in [5.74, 6) is 0.422. The van der Waals surface area contributed by atoms with E-state index in [1.807, 2.05) is 35.6 Å². The Balaban J connectivity index is 2.52. The standard InChI is InChI=1S/C14H15N3O2/c1-4-16-10-7-5-6-8-11(10)17-12(13(18)19-3)9(2)15-14(16)17/h5-8H,4H2,1-3H3. The first kappa shape index (κ1) is 11.8. The Kier molecular flexibility index (Phi) is 2.55. The lowest BCUT2D eigenvalue weighted by Crippen LogP contribution is -2.06. The van der Waals surface area contributed by atoms with Gasteiger partial charge in [-0.25, -0.2) is 9.78 Å². The Morgan fingerprint density at radius 3 is 2.63 bits per heavy atom. The molecule has 0 aliphatic heterocycles. The van der Waals surface area contributed by atoms with Crippen molar-refractivity contribution in [1.29, 1.82) is 0 Å². The van der Waals surface area contributed by atoms with Gasteiger partial charge in [-0.2, -0.15) is 0 Å². The van der Waals surface area contributed by atoms with Crippen molar-refractivity contribution < 1.29 is 9.53 Å². The van der Waals surface area contributed by atoms with Gasteiger partial charge in [-0.15, -0.1) is 0 Å². The van der Waals surface area contributed by atoms with Crippen LogP contribution < -0.4 is 0 Å². The van der Waals surface area contributed by atoms with E-state index in [0.717, 1.165) is 23.4 Å². The van der Waals surface area contributed by atoms with Crippen LogP contribution in [0.5, 0.6) is 0 Å². The quantitative estimate of drug-likeness (QED) is 0.662. The number of aromatic nitrogens is 3. The minimum absolute atomic E-state index is 0.357. The summed E-state index contributed by atoms with van der Waals surface area (Å²) in [5, 5.41) is 0. The van der Waals surface area contributed by atoms with Gasteiger partial charge in [-0.1, -0.05) is 12.1 Å². The summed E-state index contributed by atoms with van der Waals surface area (Å²) in [5.41, 5.74) is 3.23. The number of para-hydroxylation sites is 2. The Morgan fingerprint density at radius 1 is 1.32 bits per heavy atom. The number of nitrogens with zero attached hydrogens (tertiary/aromatic N) is 3. The Hall–Kier alpha value is -2.30. The summed E-state index contributed by atoms with van der Waals surface area (Å²) in [7, 11) is 1.39. The lowest BCUT2D eigenvalue weighted by molar-refractivity contribution is 0.0592. The number of imidazole rings is 2. The molecule has 0 aliphatic carbocycles. The van der Waals surface area contributed by atoms with Gasteiger partial charge in [0.05, 0.1) is 23.8 Å². The van der Waals surface area contributed by atoms with E-state index in [4.69, 9.17) is 4.74 Å². The van der Waals surface area contributed by atoms with Crippen molar-refractivity contribution >= 4 is 22.8 Å². The van der Waals surface area contributed by atoms with E-state index in [1.165, 1.54) is 7.11 Å². The summed E-state index contributed by atoms with van der Waals surface area (Å²) in [6.45, 7) is 4.69. The van der Waals surface area contributed by atoms with Gasteiger partial charge in [-0.05, 0) is 26.0 Å². The molecule has 0 atom stereocenters. The van der Waals surface area contributed by atoms with Crippen molar-refractivity contribution in [2.75, 3.05) is 7.11 Å². The Labute approximate surface area is 110 Å². The first-order chi connectivity index (χ1) is 9.19. The van der Waals surface area contributed by atoms with Crippen molar-refractivity contribution in [3.63, 3.8) is 0 Å². The Morgan fingerprint density at radius 2 is 2.00 bits per heavy atom. The molecule has 0 amide bonds. The highest BCUT2D eigenvalue weighted by atomic mass is 16.5. The Bertz CT molecular complexity index is 783. The van der Waals surface area contributed by atoms with Crippen LogP contribution in [0.4, 0.5) is 0 Å². The van der Waals surface area contributed by atoms with E-state index < -0.39 is 0 Å². The number of hydrogen-bond acceptors (Lipinski definition) is 3. The molecule has 19 heavy (non-hydrogen) atoms. The number of carbonyl (C=O) groups excluding carboxylic acids is 1. The third-order valence-corrected chi connectivity index (χ3v) is 3.38. The summed E-state index contributed by atoms with van der Waals surface area (Å²) < 4.78 is 8.83. The first-order valence-corrected chi connectivity index (χ1v) is 6.23. The third-order valence-electron chi connectivity index (χ3n) is 3.38. The molecule has 5 heteroatoms. The van der Waals surface area contributed by atoms with Crippen LogP contribution in [0.2, 0.25) is 0 Å². The van der Waals surface area contributed by atoms with Crippen molar-refractivity contribution in [3.8, 4) is 0 Å². The maximum absolute atomic E-state index is 12.0. The normalized spacial score (nSPS) is 11.3. The summed E-state index contributed by atoms with van der Waals surface area (Å²) in [6.07, 6.45) is 0. The number of carbonyl (C=O) groups is 1. The average Bonchev–Trinajstić information content (AvgIpc) is 2.90. The average molecular weight is 257 g/mol. The van der Waals surface area contributed by atoms with E-state index in [1.54, 1.807) is 0 Å². The topological polar surface area (TPSA) is 48.5 Å². The van der Waals surface area contributed by atoms with Gasteiger partial charge in [0, 0.05) is 6.54 Å². The monoisotopic (exact) mass is 257 g/mol. The molecule has 2 heterocycles. The van der Waals surface area contributed by atoms with Crippen molar-refractivity contribution in [1.82, 2.24) is 14.0 Å². The molecule has 1 aromatic carbocycles. The summed E-state index contributed by atoms with van der Waals surface area (Å²) in [6, 6.07) is 7.96. The van der Waals surface area contributed by atoms with Crippen molar-refractivity contribution in [2.45, 2.75) is 20.4 Å². The zero-order valence-electron chi connectivity index (χ0n) is 11.2. The van der Waals surface area contributed by atoms with Crippen LogP contribution in [-0.4, -0.2) is 27.0 Å². The zero-order valence-corrected chi connectivity index (χ0v) is 11.2. The predicted octanol–water partition coefficient (Wildman–Crippen LogP) is 2.40. The SMILES string of the molecule is CCn1c2ccccc2n2c(C(=O)OC)c(C)nc12. The van der Waals surface area contributed by atoms with Gasteiger partial charge in [0.1, 0.15) is 0 Å². The summed E-state index contributed by atoms with van der Waals surface area (Å²) >= 11 is 0. The molecular formula is C14H15N3O2. The van der Waals surface area contributed by atoms with Gasteiger partial charge in [0.25, 0.3) is 0 Å². The highest BCUT2D eigenvalue weighted by Crippen LogP contribution is 2.24. The molecule has 0 radical (unpaired) electrons. The zero-order chi connectivity index (χ0) is 13.6. The van der Waals surface area contributed by atoms with Gasteiger partial charge in [-0.3, -0.25) is 4.40 Å². The first-order valence-electron chi connectivity index (χ1n) is 6.23. The second-order valence-electron chi connectivity index (χ2n) is 4.41. The summed E-state index contributed by atoms with van der Waals surface area (Å²) in [4.78, 5) is 16.5. The molecule has 0 N–H and O–H groups in total. The van der Waals surface area contributed by atoms with Gasteiger partial charge in [0.2, 0.25) is 5.78 Å². The fraction of sp³-hybridized carbons (Fsp3) is 0.286. The van der Waals surface area contributed by atoms with E-state index in [9.17, 15) is 4.79 Å². The smallest absolute Gasteiger partial charge is 0.357 e. The molecule has 0 spiro atoms. The highest BCUT2D eigenvalue weighted by molar-refractivity contribution is 5.93. The number of esters is 1. The van der Waals surface area contributed by atoms with Crippen LogP contribution in [0.25, 0.3) is 16.8 Å². The number of fused-ring (bicyclic) bond motifs is 3. The number of hydrogen-bond donors (Lipinski definition) is 0. The lowest BCUT2D eigenvalue weighted by Gasteiger charge is -2.00. The van der Waals surface area contributed by atoms with Gasteiger partial charge >= 0.3 is 5.97 Å². The van der Waals surface area contributed by atoms with Crippen LogP contribution in [0.1, 0.15) is 23.1 Å². The molecule has 0 fully saturated rings. The maximum atomic E-state index is 12.0. The van der Waals surface area contributed by atoms with E-state index >= 15 is 0 Å². The minimum atomic E-state index is -0.357. The van der Waals surface area contributed by atoms with Gasteiger partial charge in [0.15, 0.2) is 5.69 Å². The van der Waals surface area contributed by atoms with Crippen molar-refractivity contribution in [3.05, 3.63) is 35.7 Å². The molecule has 0 unspecified atom stereocenters. The number of ether oxygens (including phenoxy) is 1. The number of methoxy groups -OCH3 is 1. The van der Waals surface area contributed by atoms with E-state index in [0.29, 0.717) is 11.4 Å². The van der Waals surface area contributed by atoms with Crippen LogP contribution in [-0.2, 0) is 11.3 Å². The van der Waals surface area contributed by atoms with Crippen LogP contribution in [0.15, 0.2) is 24.3 Å². The fourth-order valence-electron chi connectivity index (χ4n) is 2.56. The molecule has 0 saturated heterocycles. The largest absolute Gasteiger partial charge is 0.464 e. The van der Waals surface area contributed by atoms with Crippen LogP contribution in [0, 0.1) is 6.92 Å². The van der Waals surface area contributed by atoms with Crippen LogP contribution >= 0.6 is 0 Å². The molecule has 3 aromatic rings. The maximum Gasteiger partial charge on any atom is 0.357 e. The highest BCUT2D eigenvalue weighted by Gasteiger charge is 2.22. The molecular weight excluding hydrogens is 242 g/mol. The molecule has 98 valence electrons. The fourth-order valence-corrected chi connectivity index (χ4v) is 2.56. The van der Waals surface area contributed by atoms with E-state index in [-0.39, 0.29) is 5.97 Å². The van der Waals surface area contributed by atoms with E-state index in [2.05, 4.69) is 16.5 Å². The minimum Gasteiger partial charge on any atom is -0.464 e. The number of benzene rings is 1. The lowest BCUT2D eigenvalue weighted by atomic mass is 10.3. The number of aryl methyl sites for hydroxylation is 2. The number of rotatable bonds is 2. The molecule has 5 nitrogen and oxygen atoms in total. The predicted molar refractivity (Wildman–Crippen MR) is 72.4 cm³/mol. The molecule has 0 saturated carbocycles. The van der Waals surface area contributed by atoms with Crippen molar-refractivity contribution in [2.24, 2.45) is 0 Å². The van der Waals surface area contributed by atoms with Crippen LogP contribution in [0.3, 0.4) is 0 Å². The second-order valence-corrected chi connectivity index (χ2v) is 4.41. The molecule has 0 aliphatic rings. The second kappa shape index (κ2) is 4.12. The van der Waals surface area contributed by atoms with Gasteiger partial charge < -0.3 is 9.30 Å². The molecule has 2 aromatic heterocycles. The third kappa shape index (κ3) is 1.47. The molecule has 3 rings (SSSR count).